The summed E-state index contributed by atoms with van der Waals surface area (Å²) in [6.07, 6.45) is 2.30. The first kappa shape index (κ1) is 27.5. The fourth-order valence-electron chi connectivity index (χ4n) is 5.89. The highest BCUT2D eigenvalue weighted by molar-refractivity contribution is 5.96. The van der Waals surface area contributed by atoms with Crippen LogP contribution in [0.3, 0.4) is 0 Å². The number of carbonyl (C=O) groups is 1. The van der Waals surface area contributed by atoms with E-state index in [1.54, 1.807) is 6.07 Å². The van der Waals surface area contributed by atoms with Crippen molar-refractivity contribution in [2.24, 2.45) is 0 Å². The van der Waals surface area contributed by atoms with Gasteiger partial charge in [0.15, 0.2) is 0 Å². The highest BCUT2D eigenvalue weighted by atomic mass is 19.1. The number of hydrogen-bond acceptors (Lipinski definition) is 4. The molecule has 1 aromatic heterocycles. The third-order valence-corrected chi connectivity index (χ3v) is 8.32. The summed E-state index contributed by atoms with van der Waals surface area (Å²) in [6, 6.07) is 29.2. The molecule has 0 aliphatic carbocycles. The molecule has 7 heteroatoms. The van der Waals surface area contributed by atoms with Crippen LogP contribution in [-0.2, 0) is 0 Å². The molecule has 1 amide bonds. The lowest BCUT2D eigenvalue weighted by atomic mass is 9.99. The second-order valence-corrected chi connectivity index (χ2v) is 11.2. The molecule has 6 rings (SSSR count). The third-order valence-electron chi connectivity index (χ3n) is 8.32. The molecule has 3 N–H and O–H groups in total. The Morgan fingerprint density at radius 3 is 2.43 bits per heavy atom. The van der Waals surface area contributed by atoms with Crippen molar-refractivity contribution in [2.75, 3.05) is 32.1 Å². The van der Waals surface area contributed by atoms with Crippen molar-refractivity contribution in [1.82, 2.24) is 15.2 Å². The van der Waals surface area contributed by atoms with E-state index >= 15 is 0 Å². The number of phenols is 1. The molecule has 42 heavy (non-hydrogen) atoms. The number of H-pyrrole nitrogens is 1. The molecule has 1 aliphatic heterocycles. The van der Waals surface area contributed by atoms with E-state index in [0.717, 1.165) is 48.0 Å². The summed E-state index contributed by atoms with van der Waals surface area (Å²) < 4.78 is 14.3. The normalized spacial score (nSPS) is 14.8. The van der Waals surface area contributed by atoms with E-state index in [-0.39, 0.29) is 17.2 Å². The van der Waals surface area contributed by atoms with Gasteiger partial charge in [0.2, 0.25) is 0 Å². The summed E-state index contributed by atoms with van der Waals surface area (Å²) in [7, 11) is 4.30. The van der Waals surface area contributed by atoms with Crippen molar-refractivity contribution in [3.8, 4) is 16.9 Å². The van der Waals surface area contributed by atoms with Crippen molar-refractivity contribution < 1.29 is 14.3 Å². The zero-order valence-electron chi connectivity index (χ0n) is 23.8. The van der Waals surface area contributed by atoms with Gasteiger partial charge in [-0.15, -0.1) is 0 Å². The number of nitrogens with one attached hydrogen (secondary N) is 2. The number of aromatic amines is 1. The van der Waals surface area contributed by atoms with E-state index in [1.807, 2.05) is 48.5 Å². The average molecular weight is 563 g/mol. The van der Waals surface area contributed by atoms with Crippen LogP contribution in [-0.4, -0.2) is 54.1 Å². The first-order chi connectivity index (χ1) is 20.4. The molecular formula is C35H35FN4O2. The highest BCUT2D eigenvalue weighted by Gasteiger charge is 2.24. The number of anilines is 1. The Bertz CT molecular complexity index is 1670. The maximum Gasteiger partial charge on any atom is 0.252 e. The van der Waals surface area contributed by atoms with Gasteiger partial charge in [-0.2, -0.15) is 0 Å². The summed E-state index contributed by atoms with van der Waals surface area (Å²) in [4.78, 5) is 21.7. The monoisotopic (exact) mass is 562 g/mol. The lowest BCUT2D eigenvalue weighted by molar-refractivity contribution is 0.0942. The Balaban J connectivity index is 1.24. The molecule has 0 saturated carbocycles. The number of phenolic OH excluding ortho intramolecular Hbond substituents is 1. The second kappa shape index (κ2) is 11.7. The molecule has 4 aromatic carbocycles. The van der Waals surface area contributed by atoms with Crippen LogP contribution in [0.1, 0.15) is 40.5 Å². The van der Waals surface area contributed by atoms with Crippen LogP contribution in [0.4, 0.5) is 10.1 Å². The van der Waals surface area contributed by atoms with E-state index < -0.39 is 11.9 Å². The van der Waals surface area contributed by atoms with Crippen LogP contribution in [0.2, 0.25) is 0 Å². The van der Waals surface area contributed by atoms with E-state index in [9.17, 15) is 14.3 Å². The first-order valence-corrected chi connectivity index (χ1v) is 14.3. The summed E-state index contributed by atoms with van der Waals surface area (Å²) in [6.45, 7) is 2.08. The molecule has 214 valence electrons. The molecule has 0 bridgehead atoms. The van der Waals surface area contributed by atoms with E-state index in [4.69, 9.17) is 0 Å². The highest BCUT2D eigenvalue weighted by Crippen LogP contribution is 2.32. The predicted molar refractivity (Wildman–Crippen MR) is 166 cm³/mol. The van der Waals surface area contributed by atoms with Gasteiger partial charge in [0.1, 0.15) is 11.6 Å². The molecule has 1 aliphatic rings. The maximum atomic E-state index is 14.3. The second-order valence-electron chi connectivity index (χ2n) is 11.2. The van der Waals surface area contributed by atoms with Crippen molar-refractivity contribution in [3.63, 3.8) is 0 Å². The van der Waals surface area contributed by atoms with Gasteiger partial charge in [-0.1, -0.05) is 42.5 Å². The first-order valence-electron chi connectivity index (χ1n) is 14.3. The van der Waals surface area contributed by atoms with Gasteiger partial charge in [0.25, 0.3) is 5.91 Å². The van der Waals surface area contributed by atoms with Gasteiger partial charge in [-0.3, -0.25) is 4.79 Å². The summed E-state index contributed by atoms with van der Waals surface area (Å²) >= 11 is 0. The number of rotatable bonds is 7. The number of aromatic hydroxyl groups is 1. The molecule has 1 saturated heterocycles. The van der Waals surface area contributed by atoms with Crippen molar-refractivity contribution in [3.05, 3.63) is 120 Å². The number of carbonyl (C=O) groups excluding carboxylic acids is 1. The molecular weight excluding hydrogens is 527 g/mol. The molecule has 1 fully saturated rings. The Morgan fingerprint density at radius 1 is 0.929 bits per heavy atom. The Hall–Kier alpha value is -4.62. The zero-order valence-corrected chi connectivity index (χ0v) is 23.8. The van der Waals surface area contributed by atoms with Gasteiger partial charge in [-0.25, -0.2) is 4.39 Å². The number of hydrogen-bond donors (Lipinski definition) is 3. The molecule has 1 atom stereocenters. The summed E-state index contributed by atoms with van der Waals surface area (Å²) in [5.74, 6) is -0.921. The van der Waals surface area contributed by atoms with Gasteiger partial charge in [0.05, 0.1) is 6.04 Å². The molecule has 1 unspecified atom stereocenters. The molecule has 5 aromatic rings. The van der Waals surface area contributed by atoms with Crippen LogP contribution in [0.15, 0.2) is 97.1 Å². The van der Waals surface area contributed by atoms with E-state index in [0.29, 0.717) is 17.3 Å². The molecule has 6 nitrogen and oxygen atoms in total. The predicted octanol–water partition coefficient (Wildman–Crippen LogP) is 6.73. The van der Waals surface area contributed by atoms with Crippen molar-refractivity contribution >= 4 is 22.5 Å². The third kappa shape index (κ3) is 5.74. The quantitative estimate of drug-likeness (QED) is 0.206. The Kier molecular flexibility index (Phi) is 7.68. The topological polar surface area (TPSA) is 71.6 Å². The van der Waals surface area contributed by atoms with Crippen LogP contribution in [0, 0.1) is 5.82 Å². The van der Waals surface area contributed by atoms with Crippen molar-refractivity contribution in [2.45, 2.75) is 24.9 Å². The lowest BCUT2D eigenvalue weighted by Gasteiger charge is -2.36. The number of nitrogens with zero attached hydrogens (tertiary/aromatic N) is 2. The number of piperidine rings is 1. The number of fused-ring (bicyclic) bond motifs is 1. The minimum absolute atomic E-state index is 0.0971. The van der Waals surface area contributed by atoms with Crippen LogP contribution >= 0.6 is 0 Å². The number of amides is 1. The number of para-hydroxylation sites is 1. The van der Waals surface area contributed by atoms with Crippen LogP contribution < -0.4 is 10.2 Å². The van der Waals surface area contributed by atoms with E-state index in [2.05, 4.69) is 58.5 Å². The molecule has 0 radical (unpaired) electrons. The minimum Gasteiger partial charge on any atom is -0.508 e. The number of halogens is 1. The van der Waals surface area contributed by atoms with Gasteiger partial charge in [-0.05, 0) is 98.0 Å². The minimum atomic E-state index is -0.792. The average Bonchev–Trinajstić information content (AvgIpc) is 3.45. The van der Waals surface area contributed by atoms with E-state index in [1.165, 1.54) is 23.9 Å². The Labute approximate surface area is 245 Å². The van der Waals surface area contributed by atoms with Crippen molar-refractivity contribution in [1.29, 1.82) is 0 Å². The van der Waals surface area contributed by atoms with Crippen LogP contribution in [0.5, 0.6) is 5.75 Å². The zero-order chi connectivity index (χ0) is 29.2. The fraction of sp³-hybridized carbons (Fsp3) is 0.229. The Morgan fingerprint density at radius 2 is 1.69 bits per heavy atom. The maximum absolute atomic E-state index is 14.3. The SMILES string of the molecule is CN(C)C1CCN(c2ccc(-c3cccc(C(=O)NC(c4cc5ccccc5[nH]4)c4cc(F)ccc4O)c3)cc2)CC1. The van der Waals surface area contributed by atoms with Gasteiger partial charge in [0, 0.05) is 47.2 Å². The molecule has 2 heterocycles. The summed E-state index contributed by atoms with van der Waals surface area (Å²) in [5, 5.41) is 14.6. The number of benzene rings is 4. The smallest absolute Gasteiger partial charge is 0.252 e. The van der Waals surface area contributed by atoms with Gasteiger partial charge < -0.3 is 25.2 Å². The largest absolute Gasteiger partial charge is 0.508 e. The van der Waals surface area contributed by atoms with Crippen LogP contribution in [0.25, 0.3) is 22.0 Å². The summed E-state index contributed by atoms with van der Waals surface area (Å²) in [5.41, 5.74) is 5.43. The molecule has 0 spiro atoms. The number of aromatic nitrogens is 1. The lowest BCUT2D eigenvalue weighted by Crippen LogP contribution is -2.41. The standard InChI is InChI=1S/C35H35FN4O2/c1-39(2)28-16-18-40(19-17-28)29-13-10-23(11-14-29)24-7-5-8-26(20-24)35(42)38-34(30-22-27(36)12-15-33(30)41)32-21-25-6-3-4-9-31(25)37-32/h3-15,20-22,28,34,37,41H,16-19H2,1-2H3,(H,38,42). The fourth-order valence-corrected chi connectivity index (χ4v) is 5.89. The van der Waals surface area contributed by atoms with Gasteiger partial charge >= 0.3 is 0 Å².